The molecule has 0 unspecified atom stereocenters. The molecule has 1 aromatic rings. The third kappa shape index (κ3) is 8.47. The number of thiocarbonyl (C=S) groups is 1. The third-order valence-corrected chi connectivity index (χ3v) is 3.60. The Balaban J connectivity index is 2.16. The zero-order valence-electron chi connectivity index (χ0n) is 14.5. The van der Waals surface area contributed by atoms with Gasteiger partial charge in [0.05, 0.1) is 13.3 Å². The van der Waals surface area contributed by atoms with Gasteiger partial charge in [0.15, 0.2) is 5.11 Å². The second kappa shape index (κ2) is 11.4. The van der Waals surface area contributed by atoms with E-state index in [1.807, 2.05) is 43.3 Å². The lowest BCUT2D eigenvalue weighted by Gasteiger charge is -2.11. The zero-order valence-corrected chi connectivity index (χ0v) is 15.4. The maximum atomic E-state index is 11.0. The minimum atomic E-state index is -0.159. The molecule has 1 rings (SSSR count). The van der Waals surface area contributed by atoms with E-state index in [0.717, 1.165) is 37.1 Å². The number of unbranched alkanes of at least 4 members (excludes halogenated alkanes) is 2. The molecule has 0 saturated heterocycles. The molecule has 1 aromatic carbocycles. The Labute approximate surface area is 149 Å². The monoisotopic (exact) mass is 350 g/mol. The summed E-state index contributed by atoms with van der Waals surface area (Å²) in [5.41, 5.74) is 4.93. The molecule has 132 valence electrons. The fourth-order valence-corrected chi connectivity index (χ4v) is 2.09. The first-order valence-corrected chi connectivity index (χ1v) is 8.35. The standard InChI is InChI=1S/C17H26N4O2S/c1-21(2)15-10-8-14(9-11-15)13-19-20-17(24)18-12-6-4-5-7-16(22)23-3/h8-11,13H,4-7,12H2,1-3H3,(H2,18,20,24)/b19-13-. The van der Waals surface area contributed by atoms with Crippen molar-refractivity contribution in [3.63, 3.8) is 0 Å². The summed E-state index contributed by atoms with van der Waals surface area (Å²) in [6.07, 6.45) is 4.91. The summed E-state index contributed by atoms with van der Waals surface area (Å²) < 4.78 is 4.59. The first kappa shape index (κ1) is 19.9. The van der Waals surface area contributed by atoms with Crippen molar-refractivity contribution in [2.75, 3.05) is 32.6 Å². The predicted octanol–water partition coefficient (Wildman–Crippen LogP) is 2.28. The van der Waals surface area contributed by atoms with Crippen LogP contribution in [0.25, 0.3) is 0 Å². The lowest BCUT2D eigenvalue weighted by Crippen LogP contribution is -2.32. The molecule has 0 atom stereocenters. The molecule has 0 saturated carbocycles. The van der Waals surface area contributed by atoms with Gasteiger partial charge in [-0.3, -0.25) is 10.2 Å². The van der Waals surface area contributed by atoms with E-state index in [4.69, 9.17) is 12.2 Å². The van der Waals surface area contributed by atoms with E-state index in [1.54, 1.807) is 6.21 Å². The first-order chi connectivity index (χ1) is 11.5. The molecule has 0 aliphatic heterocycles. The highest BCUT2D eigenvalue weighted by Gasteiger charge is 1.99. The van der Waals surface area contributed by atoms with Gasteiger partial charge in [0.25, 0.3) is 0 Å². The van der Waals surface area contributed by atoms with Crippen molar-refractivity contribution in [3.05, 3.63) is 29.8 Å². The molecular weight excluding hydrogens is 324 g/mol. The largest absolute Gasteiger partial charge is 0.469 e. The predicted molar refractivity (Wildman–Crippen MR) is 103 cm³/mol. The molecule has 0 aliphatic carbocycles. The van der Waals surface area contributed by atoms with Gasteiger partial charge >= 0.3 is 5.97 Å². The van der Waals surface area contributed by atoms with Crippen molar-refractivity contribution < 1.29 is 9.53 Å². The van der Waals surface area contributed by atoms with Crippen molar-refractivity contribution in [2.24, 2.45) is 5.10 Å². The number of ether oxygens (including phenoxy) is 1. The Kier molecular flexibility index (Phi) is 9.45. The molecule has 2 N–H and O–H groups in total. The number of hydrogen-bond donors (Lipinski definition) is 2. The molecule has 0 fully saturated rings. The highest BCUT2D eigenvalue weighted by Crippen LogP contribution is 2.10. The Morgan fingerprint density at radius 3 is 2.58 bits per heavy atom. The number of esters is 1. The number of anilines is 1. The van der Waals surface area contributed by atoms with E-state index in [-0.39, 0.29) is 5.97 Å². The van der Waals surface area contributed by atoms with Crippen LogP contribution in [0.5, 0.6) is 0 Å². The zero-order chi connectivity index (χ0) is 17.8. The third-order valence-electron chi connectivity index (χ3n) is 3.36. The molecule has 6 nitrogen and oxygen atoms in total. The molecule has 24 heavy (non-hydrogen) atoms. The summed E-state index contributed by atoms with van der Waals surface area (Å²) in [6.45, 7) is 0.750. The number of rotatable bonds is 9. The van der Waals surface area contributed by atoms with Crippen molar-refractivity contribution in [1.29, 1.82) is 0 Å². The van der Waals surface area contributed by atoms with Crippen LogP contribution in [0, 0.1) is 0 Å². The van der Waals surface area contributed by atoms with Crippen molar-refractivity contribution in [1.82, 2.24) is 10.7 Å². The Morgan fingerprint density at radius 2 is 1.96 bits per heavy atom. The SMILES string of the molecule is COC(=O)CCCCCNC(=S)N/N=C\c1ccc(N(C)C)cc1. The highest BCUT2D eigenvalue weighted by atomic mass is 32.1. The molecule has 0 bridgehead atoms. The summed E-state index contributed by atoms with van der Waals surface area (Å²) in [5.74, 6) is -0.159. The number of nitrogens with one attached hydrogen (secondary N) is 2. The van der Waals surface area contributed by atoms with Crippen LogP contribution in [0.15, 0.2) is 29.4 Å². The van der Waals surface area contributed by atoms with Crippen LogP contribution in [-0.4, -0.2) is 45.0 Å². The normalized spacial score (nSPS) is 10.5. The number of hydrazone groups is 1. The van der Waals surface area contributed by atoms with Gasteiger partial charge in [-0.25, -0.2) is 0 Å². The van der Waals surface area contributed by atoms with Gasteiger partial charge in [0.1, 0.15) is 0 Å². The van der Waals surface area contributed by atoms with E-state index in [9.17, 15) is 4.79 Å². The van der Waals surface area contributed by atoms with Crippen LogP contribution in [-0.2, 0) is 9.53 Å². The maximum Gasteiger partial charge on any atom is 0.305 e. The quantitative estimate of drug-likeness (QED) is 0.234. The smallest absolute Gasteiger partial charge is 0.305 e. The van der Waals surface area contributed by atoms with Gasteiger partial charge in [0, 0.05) is 32.7 Å². The van der Waals surface area contributed by atoms with Crippen LogP contribution in [0.1, 0.15) is 31.2 Å². The number of nitrogens with zero attached hydrogens (tertiary/aromatic N) is 2. The molecule has 0 spiro atoms. The van der Waals surface area contributed by atoms with E-state index < -0.39 is 0 Å². The minimum absolute atomic E-state index is 0.159. The van der Waals surface area contributed by atoms with Gasteiger partial charge in [-0.2, -0.15) is 5.10 Å². The number of carbonyl (C=O) groups is 1. The molecule has 0 aliphatic rings. The Morgan fingerprint density at radius 1 is 1.25 bits per heavy atom. The van der Waals surface area contributed by atoms with Gasteiger partial charge in [0.2, 0.25) is 0 Å². The van der Waals surface area contributed by atoms with Gasteiger partial charge < -0.3 is 15.0 Å². The molecule has 0 radical (unpaired) electrons. The van der Waals surface area contributed by atoms with Crippen molar-refractivity contribution in [2.45, 2.75) is 25.7 Å². The van der Waals surface area contributed by atoms with E-state index in [0.29, 0.717) is 11.5 Å². The van der Waals surface area contributed by atoms with Crippen LogP contribution in [0.4, 0.5) is 5.69 Å². The minimum Gasteiger partial charge on any atom is -0.469 e. The summed E-state index contributed by atoms with van der Waals surface area (Å²) in [6, 6.07) is 8.06. The van der Waals surface area contributed by atoms with E-state index in [1.165, 1.54) is 7.11 Å². The van der Waals surface area contributed by atoms with E-state index in [2.05, 4.69) is 20.6 Å². The summed E-state index contributed by atoms with van der Waals surface area (Å²) >= 11 is 5.15. The first-order valence-electron chi connectivity index (χ1n) is 7.94. The van der Waals surface area contributed by atoms with Gasteiger partial charge in [-0.05, 0) is 42.8 Å². The fourth-order valence-electron chi connectivity index (χ4n) is 1.94. The highest BCUT2D eigenvalue weighted by molar-refractivity contribution is 7.80. The summed E-state index contributed by atoms with van der Waals surface area (Å²) in [7, 11) is 5.42. The Hall–Kier alpha value is -2.15. The molecule has 0 aromatic heterocycles. The Bertz CT molecular complexity index is 544. The van der Waals surface area contributed by atoms with Crippen LogP contribution in [0.2, 0.25) is 0 Å². The number of benzene rings is 1. The molecule has 0 amide bonds. The number of hydrogen-bond acceptors (Lipinski definition) is 5. The average molecular weight is 350 g/mol. The molecule has 7 heteroatoms. The lowest BCUT2D eigenvalue weighted by atomic mass is 10.2. The second-order valence-electron chi connectivity index (χ2n) is 5.50. The van der Waals surface area contributed by atoms with Crippen LogP contribution >= 0.6 is 12.2 Å². The van der Waals surface area contributed by atoms with Crippen molar-refractivity contribution >= 4 is 35.2 Å². The molecular formula is C17H26N4O2S. The average Bonchev–Trinajstić information content (AvgIpc) is 2.58. The van der Waals surface area contributed by atoms with E-state index >= 15 is 0 Å². The number of methoxy groups -OCH3 is 1. The fraction of sp³-hybridized carbons (Fsp3) is 0.471. The van der Waals surface area contributed by atoms with Crippen LogP contribution in [0.3, 0.4) is 0 Å². The van der Waals surface area contributed by atoms with Crippen molar-refractivity contribution in [3.8, 4) is 0 Å². The lowest BCUT2D eigenvalue weighted by molar-refractivity contribution is -0.140. The van der Waals surface area contributed by atoms with Gasteiger partial charge in [-0.1, -0.05) is 18.6 Å². The number of carbonyl (C=O) groups excluding carboxylic acids is 1. The second-order valence-corrected chi connectivity index (χ2v) is 5.91. The van der Waals surface area contributed by atoms with Crippen LogP contribution < -0.4 is 15.6 Å². The maximum absolute atomic E-state index is 11.0. The summed E-state index contributed by atoms with van der Waals surface area (Å²) in [4.78, 5) is 13.0. The van der Waals surface area contributed by atoms with Gasteiger partial charge in [-0.15, -0.1) is 0 Å². The molecule has 0 heterocycles. The topological polar surface area (TPSA) is 66.0 Å². The summed E-state index contributed by atoms with van der Waals surface area (Å²) in [5, 5.41) is 7.68.